The lowest BCUT2D eigenvalue weighted by Crippen LogP contribution is -2.55. The zero-order valence-corrected chi connectivity index (χ0v) is 13.0. The molecular formula is C16H27N3O2. The molecule has 1 aliphatic heterocycles. The van der Waals surface area contributed by atoms with Crippen LogP contribution in [0.2, 0.25) is 0 Å². The zero-order chi connectivity index (χ0) is 14.7. The van der Waals surface area contributed by atoms with E-state index in [1.807, 2.05) is 12.4 Å². The first-order valence-corrected chi connectivity index (χ1v) is 8.30. The molecular weight excluding hydrogens is 266 g/mol. The first kappa shape index (κ1) is 15.0. The highest BCUT2D eigenvalue weighted by molar-refractivity contribution is 5.10. The summed E-state index contributed by atoms with van der Waals surface area (Å²) < 4.78 is 7.61. The molecule has 2 aliphatic rings. The summed E-state index contributed by atoms with van der Waals surface area (Å²) in [4.78, 5) is 6.93. The summed E-state index contributed by atoms with van der Waals surface area (Å²) in [5.41, 5.74) is -0.138. The first-order chi connectivity index (χ1) is 10.3. The molecule has 1 aliphatic carbocycles. The maximum atomic E-state index is 11.2. The Morgan fingerprint density at radius 3 is 2.71 bits per heavy atom. The standard InChI is InChI=1S/C16H27N3O2/c1-2-8-18-9-7-17-15(18)14(20)16(5-3-4-6-16)19-10-12-21-13-11-19/h7,9,14,20H,2-6,8,10-13H2,1H3. The minimum atomic E-state index is -0.500. The minimum Gasteiger partial charge on any atom is -0.383 e. The second kappa shape index (κ2) is 6.46. The Morgan fingerprint density at radius 1 is 1.33 bits per heavy atom. The van der Waals surface area contributed by atoms with Crippen molar-refractivity contribution < 1.29 is 9.84 Å². The van der Waals surface area contributed by atoms with Gasteiger partial charge in [0.25, 0.3) is 0 Å². The number of aliphatic hydroxyl groups excluding tert-OH is 1. The Hall–Kier alpha value is -0.910. The molecule has 0 bridgehead atoms. The van der Waals surface area contributed by atoms with Crippen LogP contribution in [0, 0.1) is 0 Å². The summed E-state index contributed by atoms with van der Waals surface area (Å²) in [5.74, 6) is 0.838. The SMILES string of the molecule is CCCn1ccnc1C(O)C1(N2CCOCC2)CCCC1. The number of imidazole rings is 1. The Bertz CT molecular complexity index is 448. The van der Waals surface area contributed by atoms with Crippen molar-refractivity contribution in [2.75, 3.05) is 26.3 Å². The van der Waals surface area contributed by atoms with Crippen molar-refractivity contribution in [3.63, 3.8) is 0 Å². The molecule has 5 nitrogen and oxygen atoms in total. The Balaban J connectivity index is 1.87. The fourth-order valence-corrected chi connectivity index (χ4v) is 4.00. The molecule has 0 spiro atoms. The lowest BCUT2D eigenvalue weighted by atomic mass is 9.87. The average Bonchev–Trinajstić information content (AvgIpc) is 3.18. The van der Waals surface area contributed by atoms with Crippen molar-refractivity contribution >= 4 is 0 Å². The van der Waals surface area contributed by atoms with E-state index in [0.717, 1.165) is 57.9 Å². The molecule has 1 aromatic rings. The van der Waals surface area contributed by atoms with Gasteiger partial charge in [0.15, 0.2) is 0 Å². The fourth-order valence-electron chi connectivity index (χ4n) is 4.00. The monoisotopic (exact) mass is 293 g/mol. The number of nitrogens with zero attached hydrogens (tertiary/aromatic N) is 3. The number of aromatic nitrogens is 2. The van der Waals surface area contributed by atoms with Gasteiger partial charge in [-0.3, -0.25) is 4.90 Å². The molecule has 1 N–H and O–H groups in total. The normalized spacial score (nSPS) is 24.3. The van der Waals surface area contributed by atoms with Crippen molar-refractivity contribution in [2.24, 2.45) is 0 Å². The van der Waals surface area contributed by atoms with E-state index >= 15 is 0 Å². The first-order valence-electron chi connectivity index (χ1n) is 8.30. The fraction of sp³-hybridized carbons (Fsp3) is 0.812. The van der Waals surface area contributed by atoms with Crippen LogP contribution in [-0.4, -0.2) is 51.4 Å². The molecule has 0 amide bonds. The van der Waals surface area contributed by atoms with E-state index in [0.29, 0.717) is 0 Å². The Morgan fingerprint density at radius 2 is 2.05 bits per heavy atom. The summed E-state index contributed by atoms with van der Waals surface area (Å²) in [6, 6.07) is 0. The Labute approximate surface area is 126 Å². The van der Waals surface area contributed by atoms with Crippen LogP contribution in [-0.2, 0) is 11.3 Å². The predicted molar refractivity (Wildman–Crippen MR) is 81.1 cm³/mol. The quantitative estimate of drug-likeness (QED) is 0.902. The van der Waals surface area contributed by atoms with Gasteiger partial charge in [0.2, 0.25) is 0 Å². The van der Waals surface area contributed by atoms with Crippen LogP contribution in [0.15, 0.2) is 12.4 Å². The molecule has 2 heterocycles. The molecule has 118 valence electrons. The van der Waals surface area contributed by atoms with Gasteiger partial charge < -0.3 is 14.4 Å². The smallest absolute Gasteiger partial charge is 0.139 e. The van der Waals surface area contributed by atoms with Gasteiger partial charge >= 0.3 is 0 Å². The van der Waals surface area contributed by atoms with Gasteiger partial charge in [-0.15, -0.1) is 0 Å². The third-order valence-corrected chi connectivity index (χ3v) is 5.08. The lowest BCUT2D eigenvalue weighted by molar-refractivity contribution is -0.0809. The van der Waals surface area contributed by atoms with Crippen molar-refractivity contribution in [3.05, 3.63) is 18.2 Å². The summed E-state index contributed by atoms with van der Waals surface area (Å²) in [6.07, 6.45) is 8.88. The van der Waals surface area contributed by atoms with Crippen LogP contribution in [0.4, 0.5) is 0 Å². The van der Waals surface area contributed by atoms with Crippen LogP contribution in [0.1, 0.15) is 51.0 Å². The second-order valence-corrected chi connectivity index (χ2v) is 6.29. The van der Waals surface area contributed by atoms with Crippen LogP contribution in [0.3, 0.4) is 0 Å². The minimum absolute atomic E-state index is 0.138. The molecule has 2 fully saturated rings. The number of rotatable bonds is 5. The molecule has 5 heteroatoms. The highest BCUT2D eigenvalue weighted by atomic mass is 16.5. The van der Waals surface area contributed by atoms with Gasteiger partial charge in [-0.05, 0) is 19.3 Å². The van der Waals surface area contributed by atoms with E-state index in [9.17, 15) is 5.11 Å². The van der Waals surface area contributed by atoms with E-state index in [4.69, 9.17) is 4.74 Å². The maximum Gasteiger partial charge on any atom is 0.139 e. The van der Waals surface area contributed by atoms with Crippen LogP contribution in [0.5, 0.6) is 0 Å². The highest BCUT2D eigenvalue weighted by Crippen LogP contribution is 2.44. The van der Waals surface area contributed by atoms with E-state index < -0.39 is 6.10 Å². The molecule has 21 heavy (non-hydrogen) atoms. The van der Waals surface area contributed by atoms with Gasteiger partial charge in [-0.25, -0.2) is 4.98 Å². The molecule has 1 saturated carbocycles. The van der Waals surface area contributed by atoms with Gasteiger partial charge in [0, 0.05) is 32.0 Å². The lowest BCUT2D eigenvalue weighted by Gasteiger charge is -2.46. The number of ether oxygens (including phenoxy) is 1. The van der Waals surface area contributed by atoms with Gasteiger partial charge in [0.1, 0.15) is 11.9 Å². The van der Waals surface area contributed by atoms with E-state index in [1.165, 1.54) is 12.8 Å². The van der Waals surface area contributed by atoms with Crippen LogP contribution in [0.25, 0.3) is 0 Å². The maximum absolute atomic E-state index is 11.2. The molecule has 3 rings (SSSR count). The van der Waals surface area contributed by atoms with E-state index in [2.05, 4.69) is 21.4 Å². The third-order valence-electron chi connectivity index (χ3n) is 5.08. The number of morpholine rings is 1. The van der Waals surface area contributed by atoms with Crippen molar-refractivity contribution in [1.82, 2.24) is 14.5 Å². The molecule has 1 atom stereocenters. The van der Waals surface area contributed by atoms with E-state index in [1.54, 1.807) is 0 Å². The molecule has 0 radical (unpaired) electrons. The van der Waals surface area contributed by atoms with Crippen LogP contribution >= 0.6 is 0 Å². The Kier molecular flexibility index (Phi) is 4.62. The molecule has 1 aromatic heterocycles. The van der Waals surface area contributed by atoms with Crippen molar-refractivity contribution in [1.29, 1.82) is 0 Å². The van der Waals surface area contributed by atoms with Gasteiger partial charge in [0.05, 0.1) is 18.8 Å². The zero-order valence-electron chi connectivity index (χ0n) is 13.0. The van der Waals surface area contributed by atoms with Crippen molar-refractivity contribution in [2.45, 2.75) is 57.2 Å². The average molecular weight is 293 g/mol. The number of hydrogen-bond donors (Lipinski definition) is 1. The summed E-state index contributed by atoms with van der Waals surface area (Å²) in [6.45, 7) is 6.47. The second-order valence-electron chi connectivity index (χ2n) is 6.29. The summed E-state index contributed by atoms with van der Waals surface area (Å²) in [7, 11) is 0. The van der Waals surface area contributed by atoms with Crippen molar-refractivity contribution in [3.8, 4) is 0 Å². The topological polar surface area (TPSA) is 50.5 Å². The number of aryl methyl sites for hydroxylation is 1. The van der Waals surface area contributed by atoms with E-state index in [-0.39, 0.29) is 5.54 Å². The van der Waals surface area contributed by atoms with Crippen LogP contribution < -0.4 is 0 Å². The molecule has 1 saturated heterocycles. The highest BCUT2D eigenvalue weighted by Gasteiger charge is 2.47. The summed E-state index contributed by atoms with van der Waals surface area (Å²) in [5, 5.41) is 11.2. The molecule has 1 unspecified atom stereocenters. The largest absolute Gasteiger partial charge is 0.383 e. The third kappa shape index (κ3) is 2.74. The predicted octanol–water partition coefficient (Wildman–Crippen LogP) is 1.97. The molecule has 0 aromatic carbocycles. The number of aliphatic hydroxyl groups is 1. The van der Waals surface area contributed by atoms with Gasteiger partial charge in [-0.1, -0.05) is 19.8 Å². The van der Waals surface area contributed by atoms with Gasteiger partial charge in [-0.2, -0.15) is 0 Å². The summed E-state index contributed by atoms with van der Waals surface area (Å²) >= 11 is 0. The number of hydrogen-bond acceptors (Lipinski definition) is 4.